The Morgan fingerprint density at radius 3 is 2.87 bits per heavy atom. The topological polar surface area (TPSA) is 98.4 Å². The third-order valence-electron chi connectivity index (χ3n) is 3.89. The molecule has 0 aliphatic rings. The van der Waals surface area contributed by atoms with Gasteiger partial charge in [0.15, 0.2) is 0 Å². The van der Waals surface area contributed by atoms with Crippen molar-refractivity contribution in [1.29, 1.82) is 0 Å². The van der Waals surface area contributed by atoms with Crippen LogP contribution >= 0.6 is 0 Å². The summed E-state index contributed by atoms with van der Waals surface area (Å²) in [6.07, 6.45) is 4.06. The summed E-state index contributed by atoms with van der Waals surface area (Å²) in [5, 5.41) is 7.56. The quantitative estimate of drug-likeness (QED) is 0.671. The normalized spacial score (nSPS) is 10.9. The Morgan fingerprint density at radius 1 is 1.30 bits per heavy atom. The van der Waals surface area contributed by atoms with E-state index in [0.717, 1.165) is 28.8 Å². The van der Waals surface area contributed by atoms with Crippen LogP contribution in [-0.4, -0.2) is 22.1 Å². The number of hydrogen-bond donors (Lipinski definition) is 3. The number of nitrogens with two attached hydrogens (primary N) is 2. The summed E-state index contributed by atoms with van der Waals surface area (Å²) < 4.78 is 1.70. The first-order valence-corrected chi connectivity index (χ1v) is 7.43. The second kappa shape index (κ2) is 6.10. The van der Waals surface area contributed by atoms with Crippen molar-refractivity contribution >= 4 is 22.8 Å². The molecule has 0 saturated heterocycles. The molecule has 0 spiro atoms. The van der Waals surface area contributed by atoms with E-state index in [1.54, 1.807) is 4.52 Å². The third-order valence-corrected chi connectivity index (χ3v) is 3.89. The molecule has 3 rings (SSSR count). The van der Waals surface area contributed by atoms with Gasteiger partial charge >= 0.3 is 0 Å². The number of nitrogens with zero attached hydrogens (tertiary/aromatic N) is 2. The zero-order chi connectivity index (χ0) is 16.4. The van der Waals surface area contributed by atoms with Gasteiger partial charge in [-0.05, 0) is 49.2 Å². The van der Waals surface area contributed by atoms with E-state index in [4.69, 9.17) is 11.5 Å². The monoisotopic (exact) mass is 309 g/mol. The summed E-state index contributed by atoms with van der Waals surface area (Å²) in [6.45, 7) is 2.60. The number of aryl methyl sites for hydroxylation is 1. The van der Waals surface area contributed by atoms with Crippen molar-refractivity contribution < 1.29 is 4.79 Å². The lowest BCUT2D eigenvalue weighted by atomic mass is 10.0. The van der Waals surface area contributed by atoms with Gasteiger partial charge in [-0.25, -0.2) is 4.52 Å². The number of benzene rings is 1. The zero-order valence-electron chi connectivity index (χ0n) is 12.9. The molecule has 2 aromatic heterocycles. The highest BCUT2D eigenvalue weighted by molar-refractivity contribution is 6.02. The first-order valence-electron chi connectivity index (χ1n) is 7.43. The second-order valence-electron chi connectivity index (χ2n) is 5.40. The Labute approximate surface area is 134 Å². The number of carbonyl (C=O) groups is 1. The maximum atomic E-state index is 11.8. The molecule has 1 amide bonds. The molecule has 0 fully saturated rings. The number of amides is 1. The third kappa shape index (κ3) is 2.76. The van der Waals surface area contributed by atoms with Crippen molar-refractivity contribution in [2.75, 3.05) is 11.9 Å². The van der Waals surface area contributed by atoms with Gasteiger partial charge in [0, 0.05) is 11.9 Å². The summed E-state index contributed by atoms with van der Waals surface area (Å²) in [5.74, 6) is -0.517. The average molecular weight is 309 g/mol. The van der Waals surface area contributed by atoms with Crippen LogP contribution in [0.15, 0.2) is 42.7 Å². The molecular formula is C17H19N5O. The van der Waals surface area contributed by atoms with Crippen molar-refractivity contribution in [3.8, 4) is 0 Å². The van der Waals surface area contributed by atoms with Crippen molar-refractivity contribution in [1.82, 2.24) is 9.61 Å². The summed E-state index contributed by atoms with van der Waals surface area (Å²) >= 11 is 0. The lowest BCUT2D eigenvalue weighted by Crippen LogP contribution is -2.16. The Hall–Kier alpha value is -2.86. The minimum atomic E-state index is -0.517. The van der Waals surface area contributed by atoms with Crippen LogP contribution in [0.1, 0.15) is 21.5 Å². The Balaban J connectivity index is 2.15. The number of anilines is 2. The van der Waals surface area contributed by atoms with Crippen LogP contribution in [0.2, 0.25) is 0 Å². The van der Waals surface area contributed by atoms with Gasteiger partial charge in [0.2, 0.25) is 0 Å². The van der Waals surface area contributed by atoms with Crippen LogP contribution in [-0.2, 0) is 6.42 Å². The Morgan fingerprint density at radius 2 is 2.13 bits per heavy atom. The van der Waals surface area contributed by atoms with Gasteiger partial charge in [0.25, 0.3) is 5.91 Å². The van der Waals surface area contributed by atoms with Gasteiger partial charge in [0.05, 0.1) is 23.0 Å². The van der Waals surface area contributed by atoms with Crippen LogP contribution in [0.25, 0.3) is 5.52 Å². The first-order chi connectivity index (χ1) is 11.1. The Bertz CT molecular complexity index is 869. The largest absolute Gasteiger partial charge is 0.365 e. The highest BCUT2D eigenvalue weighted by atomic mass is 16.1. The fourth-order valence-corrected chi connectivity index (χ4v) is 2.74. The number of primary amides is 1. The van der Waals surface area contributed by atoms with E-state index in [-0.39, 0.29) is 0 Å². The molecule has 0 bridgehead atoms. The smallest absolute Gasteiger partial charge is 0.252 e. The Kier molecular flexibility index (Phi) is 3.99. The molecule has 118 valence electrons. The van der Waals surface area contributed by atoms with Crippen molar-refractivity contribution in [2.24, 2.45) is 11.5 Å². The predicted molar refractivity (Wildman–Crippen MR) is 90.9 cm³/mol. The predicted octanol–water partition coefficient (Wildman–Crippen LogP) is 1.99. The summed E-state index contributed by atoms with van der Waals surface area (Å²) in [5.41, 5.74) is 16.2. The number of fused-ring (bicyclic) bond motifs is 1. The van der Waals surface area contributed by atoms with E-state index < -0.39 is 5.91 Å². The summed E-state index contributed by atoms with van der Waals surface area (Å²) in [4.78, 5) is 11.8. The molecule has 2 heterocycles. The van der Waals surface area contributed by atoms with Crippen LogP contribution in [0.4, 0.5) is 11.4 Å². The number of rotatable bonds is 5. The molecule has 3 aromatic rings. The molecule has 5 N–H and O–H groups in total. The molecule has 0 aliphatic heterocycles. The van der Waals surface area contributed by atoms with Gasteiger partial charge in [-0.2, -0.15) is 5.10 Å². The van der Waals surface area contributed by atoms with E-state index >= 15 is 0 Å². The summed E-state index contributed by atoms with van der Waals surface area (Å²) in [7, 11) is 0. The van der Waals surface area contributed by atoms with Crippen LogP contribution < -0.4 is 16.8 Å². The number of hydrogen-bond acceptors (Lipinski definition) is 4. The minimum Gasteiger partial charge on any atom is -0.365 e. The zero-order valence-corrected chi connectivity index (χ0v) is 12.9. The maximum Gasteiger partial charge on any atom is 0.252 e. The van der Waals surface area contributed by atoms with Crippen LogP contribution in [0, 0.1) is 6.92 Å². The van der Waals surface area contributed by atoms with E-state index in [2.05, 4.69) is 10.4 Å². The molecule has 1 aromatic carbocycles. The standard InChI is InChI=1S/C17H19N5O/c1-11-4-2-5-14(12(11)7-8-18)21-16-13(17(19)23)10-20-22-9-3-6-15(16)22/h2-6,9-10,21H,7-8,18H2,1H3,(H2,19,23). The highest BCUT2D eigenvalue weighted by Crippen LogP contribution is 2.29. The molecule has 6 nitrogen and oxygen atoms in total. The van der Waals surface area contributed by atoms with Crippen LogP contribution in [0.3, 0.4) is 0 Å². The lowest BCUT2D eigenvalue weighted by Gasteiger charge is -2.16. The van der Waals surface area contributed by atoms with Crippen LogP contribution in [0.5, 0.6) is 0 Å². The van der Waals surface area contributed by atoms with Gasteiger partial charge in [-0.3, -0.25) is 4.79 Å². The average Bonchev–Trinajstić information content (AvgIpc) is 2.99. The molecule has 6 heteroatoms. The van der Waals surface area contributed by atoms with Gasteiger partial charge in [-0.15, -0.1) is 0 Å². The van der Waals surface area contributed by atoms with Crippen molar-refractivity contribution in [3.05, 3.63) is 59.4 Å². The number of nitrogens with one attached hydrogen (secondary N) is 1. The molecule has 0 atom stereocenters. The van der Waals surface area contributed by atoms with Gasteiger partial charge in [-0.1, -0.05) is 12.1 Å². The van der Waals surface area contributed by atoms with Crippen molar-refractivity contribution in [2.45, 2.75) is 13.3 Å². The minimum absolute atomic E-state index is 0.358. The maximum absolute atomic E-state index is 11.8. The second-order valence-corrected chi connectivity index (χ2v) is 5.40. The van der Waals surface area contributed by atoms with E-state index in [1.807, 2.05) is 43.5 Å². The van der Waals surface area contributed by atoms with Gasteiger partial charge < -0.3 is 16.8 Å². The van der Waals surface area contributed by atoms with Gasteiger partial charge in [0.1, 0.15) is 0 Å². The van der Waals surface area contributed by atoms with E-state index in [9.17, 15) is 4.79 Å². The molecule has 0 radical (unpaired) electrons. The highest BCUT2D eigenvalue weighted by Gasteiger charge is 2.15. The molecular weight excluding hydrogens is 290 g/mol. The SMILES string of the molecule is Cc1cccc(Nc2c(C(N)=O)cnn3cccc23)c1CCN. The first kappa shape index (κ1) is 15.1. The van der Waals surface area contributed by atoms with Crippen molar-refractivity contribution in [3.63, 3.8) is 0 Å². The van der Waals surface area contributed by atoms with E-state index in [0.29, 0.717) is 17.8 Å². The molecule has 0 aliphatic carbocycles. The fourth-order valence-electron chi connectivity index (χ4n) is 2.74. The van der Waals surface area contributed by atoms with E-state index in [1.165, 1.54) is 6.20 Å². The molecule has 23 heavy (non-hydrogen) atoms. The fraction of sp³-hybridized carbons (Fsp3) is 0.176. The molecule has 0 unspecified atom stereocenters. The summed E-state index contributed by atoms with van der Waals surface area (Å²) in [6, 6.07) is 9.75. The number of carbonyl (C=O) groups excluding carboxylic acids is 1. The lowest BCUT2D eigenvalue weighted by molar-refractivity contribution is 0.100. The molecule has 0 saturated carbocycles. The number of aromatic nitrogens is 2.